The van der Waals surface area contributed by atoms with Crippen molar-refractivity contribution >= 4 is 21.9 Å². The number of carbonyl (C=O) groups excluding carboxylic acids is 2. The molecule has 1 fully saturated rings. The van der Waals surface area contributed by atoms with Crippen LogP contribution in [0.2, 0.25) is 0 Å². The first-order valence-electron chi connectivity index (χ1n) is 9.83. The van der Waals surface area contributed by atoms with E-state index in [4.69, 9.17) is 14.2 Å². The number of carbonyl (C=O) groups is 2. The number of amides is 1. The van der Waals surface area contributed by atoms with Gasteiger partial charge in [-0.15, -0.1) is 0 Å². The molecule has 0 saturated carbocycles. The Kier molecular flexibility index (Phi) is 6.10. The molecular weight excluding hydrogens is 424 g/mol. The van der Waals surface area contributed by atoms with Gasteiger partial charge in [-0.3, -0.25) is 4.79 Å². The standard InChI is InChI=1S/C21H22N2O7S/c24-20(15-29-21(25)19-14-28-17-8-4-5-9-18(17)30-19)22-10-12-23(13-11-22)31(26,27)16-6-2-1-3-7-16/h1-9,19H,10-15H2. The fourth-order valence-corrected chi connectivity index (χ4v) is 4.82. The van der Waals surface area contributed by atoms with Crippen LogP contribution in [0.3, 0.4) is 0 Å². The van der Waals surface area contributed by atoms with Gasteiger partial charge in [0.25, 0.3) is 5.91 Å². The normalized spacial score (nSPS) is 19.0. The van der Waals surface area contributed by atoms with Crippen molar-refractivity contribution in [3.8, 4) is 11.5 Å². The van der Waals surface area contributed by atoms with Crippen molar-refractivity contribution in [2.24, 2.45) is 0 Å². The summed E-state index contributed by atoms with van der Waals surface area (Å²) in [5, 5.41) is 0. The molecule has 10 heteroatoms. The zero-order chi connectivity index (χ0) is 21.8. The van der Waals surface area contributed by atoms with Crippen LogP contribution in [0.25, 0.3) is 0 Å². The summed E-state index contributed by atoms with van der Waals surface area (Å²) in [5.74, 6) is -0.0842. The van der Waals surface area contributed by atoms with Crippen molar-refractivity contribution in [3.63, 3.8) is 0 Å². The van der Waals surface area contributed by atoms with Gasteiger partial charge in [0.15, 0.2) is 18.1 Å². The Labute approximate surface area is 180 Å². The van der Waals surface area contributed by atoms with Gasteiger partial charge in [0.2, 0.25) is 16.1 Å². The minimum Gasteiger partial charge on any atom is -0.485 e. The Bertz CT molecular complexity index is 1050. The summed E-state index contributed by atoms with van der Waals surface area (Å²) in [6.45, 7) is 0.351. The van der Waals surface area contributed by atoms with Crippen molar-refractivity contribution in [1.29, 1.82) is 0 Å². The van der Waals surface area contributed by atoms with Crippen molar-refractivity contribution in [1.82, 2.24) is 9.21 Å². The van der Waals surface area contributed by atoms with Crippen LogP contribution in [-0.4, -0.2) is 75.0 Å². The molecule has 2 aliphatic rings. The molecule has 1 saturated heterocycles. The van der Waals surface area contributed by atoms with Crippen LogP contribution in [0.1, 0.15) is 0 Å². The molecule has 0 spiro atoms. The Morgan fingerprint density at radius 1 is 0.935 bits per heavy atom. The van der Waals surface area contributed by atoms with Gasteiger partial charge in [0.05, 0.1) is 4.90 Å². The first-order valence-corrected chi connectivity index (χ1v) is 11.3. The highest BCUT2D eigenvalue weighted by Gasteiger charge is 2.32. The summed E-state index contributed by atoms with van der Waals surface area (Å²) in [6.07, 6.45) is -0.949. The molecule has 9 nitrogen and oxygen atoms in total. The van der Waals surface area contributed by atoms with Crippen LogP contribution in [-0.2, 0) is 24.3 Å². The number of sulfonamides is 1. The van der Waals surface area contributed by atoms with Crippen LogP contribution in [0, 0.1) is 0 Å². The highest BCUT2D eigenvalue weighted by atomic mass is 32.2. The monoisotopic (exact) mass is 446 g/mol. The van der Waals surface area contributed by atoms with E-state index < -0.39 is 28.7 Å². The topological polar surface area (TPSA) is 102 Å². The minimum atomic E-state index is -3.60. The second-order valence-corrected chi connectivity index (χ2v) is 9.01. The molecule has 164 valence electrons. The zero-order valence-corrected chi connectivity index (χ0v) is 17.5. The molecule has 2 aliphatic heterocycles. The van der Waals surface area contributed by atoms with Crippen LogP contribution in [0.4, 0.5) is 0 Å². The van der Waals surface area contributed by atoms with Gasteiger partial charge in [0.1, 0.15) is 6.61 Å². The van der Waals surface area contributed by atoms with Gasteiger partial charge in [0, 0.05) is 26.2 Å². The number of fused-ring (bicyclic) bond motifs is 1. The lowest BCUT2D eigenvalue weighted by Gasteiger charge is -2.34. The number of hydrogen-bond donors (Lipinski definition) is 0. The highest BCUT2D eigenvalue weighted by Crippen LogP contribution is 2.31. The lowest BCUT2D eigenvalue weighted by molar-refractivity contribution is -0.160. The number of para-hydroxylation sites is 2. The zero-order valence-electron chi connectivity index (χ0n) is 16.7. The maximum Gasteiger partial charge on any atom is 0.351 e. The van der Waals surface area contributed by atoms with E-state index in [9.17, 15) is 18.0 Å². The number of piperazine rings is 1. The van der Waals surface area contributed by atoms with Crippen molar-refractivity contribution in [2.75, 3.05) is 39.4 Å². The van der Waals surface area contributed by atoms with Crippen molar-refractivity contribution in [3.05, 3.63) is 54.6 Å². The second kappa shape index (κ2) is 8.94. The fraction of sp³-hybridized carbons (Fsp3) is 0.333. The van der Waals surface area contributed by atoms with E-state index >= 15 is 0 Å². The lowest BCUT2D eigenvalue weighted by Crippen LogP contribution is -2.51. The molecule has 2 heterocycles. The highest BCUT2D eigenvalue weighted by molar-refractivity contribution is 7.89. The third-order valence-corrected chi connectivity index (χ3v) is 6.99. The summed E-state index contributed by atoms with van der Waals surface area (Å²) in [7, 11) is -3.60. The Morgan fingerprint density at radius 3 is 2.29 bits per heavy atom. The maximum absolute atomic E-state index is 12.7. The molecule has 0 aromatic heterocycles. The summed E-state index contributed by atoms with van der Waals surface area (Å²) in [6, 6.07) is 15.1. The SMILES string of the molecule is O=C(OCC(=O)N1CCN(S(=O)(=O)c2ccccc2)CC1)C1COc2ccccc2O1. The van der Waals surface area contributed by atoms with E-state index in [0.29, 0.717) is 11.5 Å². The number of esters is 1. The van der Waals surface area contributed by atoms with E-state index in [1.165, 1.54) is 9.21 Å². The molecule has 4 rings (SSSR count). The molecular formula is C21H22N2O7S. The molecule has 0 bridgehead atoms. The Morgan fingerprint density at radius 2 is 1.58 bits per heavy atom. The first-order chi connectivity index (χ1) is 14.9. The van der Waals surface area contributed by atoms with Crippen LogP contribution < -0.4 is 9.47 Å². The number of nitrogens with zero attached hydrogens (tertiary/aromatic N) is 2. The molecule has 1 unspecified atom stereocenters. The predicted octanol–water partition coefficient (Wildman–Crippen LogP) is 0.903. The maximum atomic E-state index is 12.7. The van der Waals surface area contributed by atoms with Gasteiger partial charge in [-0.1, -0.05) is 30.3 Å². The van der Waals surface area contributed by atoms with E-state index in [1.54, 1.807) is 54.6 Å². The molecule has 2 aromatic rings. The van der Waals surface area contributed by atoms with Crippen LogP contribution in [0.5, 0.6) is 11.5 Å². The van der Waals surface area contributed by atoms with E-state index in [2.05, 4.69) is 0 Å². The van der Waals surface area contributed by atoms with Gasteiger partial charge < -0.3 is 19.1 Å². The fourth-order valence-electron chi connectivity index (χ4n) is 3.37. The number of benzene rings is 2. The Balaban J connectivity index is 1.26. The quantitative estimate of drug-likeness (QED) is 0.629. The van der Waals surface area contributed by atoms with Crippen molar-refractivity contribution in [2.45, 2.75) is 11.0 Å². The van der Waals surface area contributed by atoms with Gasteiger partial charge in [-0.25, -0.2) is 13.2 Å². The van der Waals surface area contributed by atoms with E-state index in [0.717, 1.165) is 0 Å². The molecule has 2 aromatic carbocycles. The molecule has 0 aliphatic carbocycles. The lowest BCUT2D eigenvalue weighted by atomic mass is 10.2. The van der Waals surface area contributed by atoms with Gasteiger partial charge in [-0.2, -0.15) is 4.31 Å². The predicted molar refractivity (Wildman–Crippen MR) is 109 cm³/mol. The van der Waals surface area contributed by atoms with Gasteiger partial charge >= 0.3 is 5.97 Å². The average Bonchev–Trinajstić information content (AvgIpc) is 2.82. The van der Waals surface area contributed by atoms with Crippen LogP contribution in [0.15, 0.2) is 59.5 Å². The molecule has 0 N–H and O–H groups in total. The second-order valence-electron chi connectivity index (χ2n) is 7.07. The van der Waals surface area contributed by atoms with Crippen LogP contribution >= 0.6 is 0 Å². The summed E-state index contributed by atoms with van der Waals surface area (Å²) >= 11 is 0. The van der Waals surface area contributed by atoms with Crippen molar-refractivity contribution < 1.29 is 32.2 Å². The number of hydrogen-bond acceptors (Lipinski definition) is 7. The Hall–Kier alpha value is -3.11. The summed E-state index contributed by atoms with van der Waals surface area (Å²) in [5.41, 5.74) is 0. The third-order valence-electron chi connectivity index (χ3n) is 5.08. The third kappa shape index (κ3) is 4.64. The summed E-state index contributed by atoms with van der Waals surface area (Å²) in [4.78, 5) is 26.4. The average molecular weight is 446 g/mol. The number of rotatable bonds is 5. The van der Waals surface area contributed by atoms with Gasteiger partial charge in [-0.05, 0) is 24.3 Å². The van der Waals surface area contributed by atoms with E-state index in [-0.39, 0.29) is 43.6 Å². The molecule has 0 radical (unpaired) electrons. The first kappa shape index (κ1) is 21.1. The summed E-state index contributed by atoms with van der Waals surface area (Å²) < 4.78 is 42.8. The molecule has 1 atom stereocenters. The minimum absolute atomic E-state index is 0.0000565. The number of ether oxygens (including phenoxy) is 3. The molecule has 1 amide bonds. The largest absolute Gasteiger partial charge is 0.485 e. The molecule has 31 heavy (non-hydrogen) atoms. The van der Waals surface area contributed by atoms with E-state index in [1.807, 2.05) is 0 Å². The smallest absolute Gasteiger partial charge is 0.351 e.